The fourth-order valence-electron chi connectivity index (χ4n) is 1.38. The molecule has 1 heterocycles. The van der Waals surface area contributed by atoms with Crippen LogP contribution in [0.25, 0.3) is 0 Å². The first-order valence-corrected chi connectivity index (χ1v) is 8.22. The highest BCUT2D eigenvalue weighted by atomic mass is 32.2. The van der Waals surface area contributed by atoms with E-state index in [-0.39, 0.29) is 0 Å². The Hall–Kier alpha value is -0.520. The number of benzene rings is 1. The minimum Gasteiger partial charge on any atom is -0.131 e. The zero-order valence-corrected chi connectivity index (χ0v) is 12.5. The van der Waals surface area contributed by atoms with Gasteiger partial charge in [-0.15, -0.1) is 10.2 Å². The van der Waals surface area contributed by atoms with Crippen molar-refractivity contribution in [3.05, 3.63) is 35.4 Å². The highest BCUT2D eigenvalue weighted by molar-refractivity contribution is 8.03. The largest absolute Gasteiger partial charge is 0.175 e. The highest BCUT2D eigenvalue weighted by Crippen LogP contribution is 2.37. The van der Waals surface area contributed by atoms with Gasteiger partial charge in [0.15, 0.2) is 8.68 Å². The molecule has 0 saturated heterocycles. The van der Waals surface area contributed by atoms with E-state index in [2.05, 4.69) is 48.3 Å². The Morgan fingerprint density at radius 1 is 1.12 bits per heavy atom. The fourth-order valence-corrected chi connectivity index (χ4v) is 4.09. The molecule has 0 amide bonds. The molecule has 1 aromatic heterocycles. The van der Waals surface area contributed by atoms with Crippen LogP contribution >= 0.6 is 34.9 Å². The summed E-state index contributed by atoms with van der Waals surface area (Å²) >= 11 is 5.08. The third kappa shape index (κ3) is 3.47. The predicted octanol–water partition coefficient (Wildman–Crippen LogP) is 4.42. The van der Waals surface area contributed by atoms with E-state index in [1.807, 2.05) is 6.26 Å². The summed E-state index contributed by atoms with van der Waals surface area (Å²) in [7, 11) is 0. The van der Waals surface area contributed by atoms with Crippen LogP contribution in [0, 0.1) is 6.92 Å². The molecule has 1 atom stereocenters. The normalized spacial score (nSPS) is 12.6. The van der Waals surface area contributed by atoms with Gasteiger partial charge in [0.05, 0.1) is 0 Å². The van der Waals surface area contributed by atoms with Crippen molar-refractivity contribution in [3.8, 4) is 0 Å². The summed E-state index contributed by atoms with van der Waals surface area (Å²) in [6.07, 6.45) is 2.03. The number of hydrogen-bond acceptors (Lipinski definition) is 5. The van der Waals surface area contributed by atoms with Gasteiger partial charge in [-0.25, -0.2) is 0 Å². The molecule has 90 valence electrons. The van der Waals surface area contributed by atoms with Crippen LogP contribution in [0.3, 0.4) is 0 Å². The Bertz CT molecular complexity index is 479. The van der Waals surface area contributed by atoms with Gasteiger partial charge < -0.3 is 0 Å². The summed E-state index contributed by atoms with van der Waals surface area (Å²) in [6, 6.07) is 8.67. The van der Waals surface area contributed by atoms with Crippen molar-refractivity contribution in [2.75, 3.05) is 6.26 Å². The molecule has 0 bridgehead atoms. The van der Waals surface area contributed by atoms with Crippen molar-refractivity contribution in [1.82, 2.24) is 10.2 Å². The summed E-state index contributed by atoms with van der Waals surface area (Å²) < 4.78 is 2.08. The maximum absolute atomic E-state index is 4.18. The van der Waals surface area contributed by atoms with Crippen molar-refractivity contribution in [3.63, 3.8) is 0 Å². The van der Waals surface area contributed by atoms with Crippen LogP contribution in [0.5, 0.6) is 0 Å². The molecule has 0 spiro atoms. The molecule has 2 aromatic rings. The quantitative estimate of drug-likeness (QED) is 0.775. The van der Waals surface area contributed by atoms with Crippen molar-refractivity contribution < 1.29 is 0 Å². The van der Waals surface area contributed by atoms with E-state index in [1.54, 1.807) is 34.9 Å². The molecular formula is C12H14N2S3. The van der Waals surface area contributed by atoms with Gasteiger partial charge >= 0.3 is 0 Å². The fraction of sp³-hybridized carbons (Fsp3) is 0.333. The maximum Gasteiger partial charge on any atom is 0.175 e. The minimum absolute atomic E-state index is 0.415. The van der Waals surface area contributed by atoms with Crippen LogP contribution in [0.1, 0.15) is 23.3 Å². The molecule has 2 rings (SSSR count). The van der Waals surface area contributed by atoms with Gasteiger partial charge in [0.25, 0.3) is 0 Å². The third-order valence-electron chi connectivity index (χ3n) is 2.39. The van der Waals surface area contributed by atoms with Crippen LogP contribution in [-0.2, 0) is 0 Å². The van der Waals surface area contributed by atoms with Crippen LogP contribution < -0.4 is 0 Å². The van der Waals surface area contributed by atoms with Crippen molar-refractivity contribution in [2.24, 2.45) is 0 Å². The second-order valence-corrected chi connectivity index (χ2v) is 7.33. The van der Waals surface area contributed by atoms with E-state index in [0.717, 1.165) is 8.68 Å². The molecule has 0 aliphatic heterocycles. The molecule has 0 fully saturated rings. The molecule has 1 aromatic carbocycles. The van der Waals surface area contributed by atoms with Gasteiger partial charge in [0, 0.05) is 5.25 Å². The Morgan fingerprint density at radius 3 is 2.35 bits per heavy atom. The predicted molar refractivity (Wildman–Crippen MR) is 77.1 cm³/mol. The third-order valence-corrected chi connectivity index (χ3v) is 5.53. The average molecular weight is 282 g/mol. The zero-order valence-electron chi connectivity index (χ0n) is 10.0. The van der Waals surface area contributed by atoms with Gasteiger partial charge in [-0.3, -0.25) is 0 Å². The Balaban J connectivity index is 2.05. The van der Waals surface area contributed by atoms with E-state index < -0.39 is 0 Å². The second-order valence-electron chi connectivity index (χ2n) is 3.71. The number of hydrogen-bond donors (Lipinski definition) is 0. The topological polar surface area (TPSA) is 25.8 Å². The molecule has 0 aliphatic carbocycles. The molecule has 2 nitrogen and oxygen atoms in total. The second kappa shape index (κ2) is 5.89. The summed E-state index contributed by atoms with van der Waals surface area (Å²) in [5.74, 6) is 0. The van der Waals surface area contributed by atoms with E-state index in [9.17, 15) is 0 Å². The molecule has 5 heteroatoms. The smallest absolute Gasteiger partial charge is 0.131 e. The first-order valence-electron chi connectivity index (χ1n) is 5.30. The highest BCUT2D eigenvalue weighted by Gasteiger charge is 2.11. The summed E-state index contributed by atoms with van der Waals surface area (Å²) in [5, 5.41) is 8.70. The monoisotopic (exact) mass is 282 g/mol. The molecule has 0 N–H and O–H groups in total. The van der Waals surface area contributed by atoms with Crippen LogP contribution in [0.4, 0.5) is 0 Å². The molecule has 17 heavy (non-hydrogen) atoms. The van der Waals surface area contributed by atoms with Crippen LogP contribution in [-0.4, -0.2) is 16.5 Å². The van der Waals surface area contributed by atoms with Gasteiger partial charge in [0.1, 0.15) is 0 Å². The number of aromatic nitrogens is 2. The lowest BCUT2D eigenvalue weighted by Crippen LogP contribution is -1.88. The van der Waals surface area contributed by atoms with E-state index in [1.165, 1.54) is 11.1 Å². The number of rotatable bonds is 4. The van der Waals surface area contributed by atoms with E-state index in [0.29, 0.717) is 5.25 Å². The average Bonchev–Trinajstić information content (AvgIpc) is 2.77. The van der Waals surface area contributed by atoms with E-state index >= 15 is 0 Å². The summed E-state index contributed by atoms with van der Waals surface area (Å²) in [4.78, 5) is 0. The molecule has 1 unspecified atom stereocenters. The van der Waals surface area contributed by atoms with Gasteiger partial charge in [-0.1, -0.05) is 64.7 Å². The molecular weight excluding hydrogens is 268 g/mol. The lowest BCUT2D eigenvalue weighted by molar-refractivity contribution is 0.950. The Labute approximate surface area is 114 Å². The number of nitrogens with zero attached hydrogens (tertiary/aromatic N) is 2. The molecule has 0 saturated carbocycles. The van der Waals surface area contributed by atoms with E-state index in [4.69, 9.17) is 0 Å². The Kier molecular flexibility index (Phi) is 4.48. The van der Waals surface area contributed by atoms with Gasteiger partial charge in [-0.05, 0) is 25.7 Å². The summed E-state index contributed by atoms with van der Waals surface area (Å²) in [5.41, 5.74) is 2.63. The van der Waals surface area contributed by atoms with Gasteiger partial charge in [0.2, 0.25) is 0 Å². The number of thioether (sulfide) groups is 2. The van der Waals surface area contributed by atoms with Gasteiger partial charge in [-0.2, -0.15) is 0 Å². The SMILES string of the molecule is CSc1nnc(SC(C)c2ccc(C)cc2)s1. The van der Waals surface area contributed by atoms with Crippen molar-refractivity contribution in [2.45, 2.75) is 27.8 Å². The Morgan fingerprint density at radius 2 is 1.76 bits per heavy atom. The lowest BCUT2D eigenvalue weighted by atomic mass is 10.1. The first kappa shape index (κ1) is 12.9. The van der Waals surface area contributed by atoms with Crippen molar-refractivity contribution in [1.29, 1.82) is 0 Å². The molecule has 0 radical (unpaired) electrons. The number of aryl methyl sites for hydroxylation is 1. The zero-order chi connectivity index (χ0) is 12.3. The molecule has 0 aliphatic rings. The standard InChI is InChI=1S/C12H14N2S3/c1-8-4-6-10(7-5-8)9(2)16-12-14-13-11(15-3)17-12/h4-7,9H,1-3H3. The summed E-state index contributed by atoms with van der Waals surface area (Å²) in [6.45, 7) is 4.31. The van der Waals surface area contributed by atoms with Crippen LogP contribution in [0.2, 0.25) is 0 Å². The maximum atomic E-state index is 4.18. The van der Waals surface area contributed by atoms with Crippen LogP contribution in [0.15, 0.2) is 32.9 Å². The van der Waals surface area contributed by atoms with Crippen molar-refractivity contribution >= 4 is 34.9 Å². The minimum atomic E-state index is 0.415. The lowest BCUT2D eigenvalue weighted by Gasteiger charge is -2.09. The first-order chi connectivity index (χ1) is 8.19.